The largest absolute Gasteiger partial charge is 0.493 e. The summed E-state index contributed by atoms with van der Waals surface area (Å²) in [5, 5.41) is 3.58. The van der Waals surface area contributed by atoms with Gasteiger partial charge in [-0.05, 0) is 61.9 Å². The van der Waals surface area contributed by atoms with Crippen molar-refractivity contribution < 1.29 is 9.47 Å². The van der Waals surface area contributed by atoms with Gasteiger partial charge in [0.25, 0.3) is 0 Å². The van der Waals surface area contributed by atoms with Crippen LogP contribution in [0.3, 0.4) is 0 Å². The van der Waals surface area contributed by atoms with Crippen LogP contribution >= 0.6 is 0 Å². The van der Waals surface area contributed by atoms with E-state index in [1.807, 2.05) is 0 Å². The van der Waals surface area contributed by atoms with E-state index in [4.69, 9.17) is 9.47 Å². The van der Waals surface area contributed by atoms with Crippen molar-refractivity contribution >= 4 is 0 Å². The van der Waals surface area contributed by atoms with Crippen molar-refractivity contribution in [3.8, 4) is 5.75 Å². The van der Waals surface area contributed by atoms with Gasteiger partial charge in [0, 0.05) is 19.1 Å². The summed E-state index contributed by atoms with van der Waals surface area (Å²) in [6.07, 6.45) is 7.52. The Balaban J connectivity index is 1.57. The average Bonchev–Trinajstić information content (AvgIpc) is 3.01. The van der Waals surface area contributed by atoms with E-state index in [1.54, 1.807) is 0 Å². The number of fused-ring (bicyclic) bond motifs is 1. The topological polar surface area (TPSA) is 30.5 Å². The zero-order valence-corrected chi connectivity index (χ0v) is 13.1. The molecule has 2 unspecified atom stereocenters. The molecular weight excluding hydrogens is 262 g/mol. The molecule has 1 aliphatic heterocycles. The van der Waals surface area contributed by atoms with Crippen LogP contribution in [0.1, 0.15) is 56.2 Å². The third-order valence-electron chi connectivity index (χ3n) is 4.61. The van der Waals surface area contributed by atoms with E-state index in [9.17, 15) is 0 Å². The molecule has 0 aromatic heterocycles. The van der Waals surface area contributed by atoms with Gasteiger partial charge in [0.1, 0.15) is 5.75 Å². The Morgan fingerprint density at radius 2 is 2.24 bits per heavy atom. The van der Waals surface area contributed by atoms with Gasteiger partial charge >= 0.3 is 0 Å². The van der Waals surface area contributed by atoms with Crippen LogP contribution in [0.5, 0.6) is 5.75 Å². The molecule has 3 rings (SSSR count). The number of benzene rings is 1. The van der Waals surface area contributed by atoms with E-state index in [-0.39, 0.29) is 0 Å². The van der Waals surface area contributed by atoms with Crippen LogP contribution in [0.4, 0.5) is 0 Å². The molecule has 3 heteroatoms. The Morgan fingerprint density at radius 3 is 3.05 bits per heavy atom. The van der Waals surface area contributed by atoms with Crippen LogP contribution in [0, 0.1) is 0 Å². The molecule has 1 N–H and O–H groups in total. The fraction of sp³-hybridized carbons (Fsp3) is 0.667. The Hall–Kier alpha value is -1.06. The van der Waals surface area contributed by atoms with Crippen molar-refractivity contribution in [2.45, 2.75) is 57.6 Å². The summed E-state index contributed by atoms with van der Waals surface area (Å²) in [4.78, 5) is 0. The molecule has 2 aliphatic rings. The molecule has 1 aromatic carbocycles. The highest BCUT2D eigenvalue weighted by Crippen LogP contribution is 2.32. The highest BCUT2D eigenvalue weighted by molar-refractivity contribution is 5.39. The van der Waals surface area contributed by atoms with Gasteiger partial charge < -0.3 is 14.8 Å². The van der Waals surface area contributed by atoms with Crippen molar-refractivity contribution in [1.82, 2.24) is 5.32 Å². The van der Waals surface area contributed by atoms with Gasteiger partial charge in [-0.15, -0.1) is 0 Å². The van der Waals surface area contributed by atoms with Gasteiger partial charge in [-0.1, -0.05) is 13.0 Å². The first-order valence-electron chi connectivity index (χ1n) is 8.47. The van der Waals surface area contributed by atoms with Crippen LogP contribution in [0.25, 0.3) is 0 Å². The van der Waals surface area contributed by atoms with E-state index in [1.165, 1.54) is 43.2 Å². The number of nitrogens with one attached hydrogen (secondary N) is 1. The zero-order valence-electron chi connectivity index (χ0n) is 13.1. The van der Waals surface area contributed by atoms with Crippen LogP contribution in [-0.2, 0) is 11.2 Å². The molecule has 0 saturated carbocycles. The van der Waals surface area contributed by atoms with Gasteiger partial charge in [0.2, 0.25) is 0 Å². The highest BCUT2D eigenvalue weighted by atomic mass is 16.5. The van der Waals surface area contributed by atoms with Crippen molar-refractivity contribution in [3.05, 3.63) is 29.3 Å². The van der Waals surface area contributed by atoms with E-state index in [0.29, 0.717) is 12.1 Å². The van der Waals surface area contributed by atoms with Gasteiger partial charge in [-0.3, -0.25) is 0 Å². The van der Waals surface area contributed by atoms with Crippen molar-refractivity contribution in [2.24, 2.45) is 0 Å². The van der Waals surface area contributed by atoms with Gasteiger partial charge in [-0.2, -0.15) is 0 Å². The molecule has 21 heavy (non-hydrogen) atoms. The molecule has 1 heterocycles. The lowest BCUT2D eigenvalue weighted by Crippen LogP contribution is -2.24. The summed E-state index contributed by atoms with van der Waals surface area (Å²) in [7, 11) is 0. The number of ether oxygens (including phenoxy) is 2. The van der Waals surface area contributed by atoms with Gasteiger partial charge in [0.05, 0.1) is 12.7 Å². The van der Waals surface area contributed by atoms with Crippen molar-refractivity contribution in [3.63, 3.8) is 0 Å². The maximum Gasteiger partial charge on any atom is 0.119 e. The molecule has 116 valence electrons. The monoisotopic (exact) mass is 289 g/mol. The lowest BCUT2D eigenvalue weighted by atomic mass is 9.87. The Labute approximate surface area is 128 Å². The minimum Gasteiger partial charge on any atom is -0.493 e. The molecule has 3 nitrogen and oxygen atoms in total. The standard InChI is InChI=1S/C18H27NO2/c1-2-19-18-7-3-5-14-13-16(8-9-17(14)18)21-12-10-15-6-4-11-20-15/h8-9,13,15,18-19H,2-7,10-12H2,1H3. The van der Waals surface area contributed by atoms with Crippen molar-refractivity contribution in [2.75, 3.05) is 19.8 Å². The SMILES string of the molecule is CCNC1CCCc2cc(OCCC3CCCO3)ccc21. The molecule has 1 aliphatic carbocycles. The maximum atomic E-state index is 5.93. The fourth-order valence-electron chi connectivity index (χ4n) is 3.52. The summed E-state index contributed by atoms with van der Waals surface area (Å²) < 4.78 is 11.6. The summed E-state index contributed by atoms with van der Waals surface area (Å²) in [6.45, 7) is 4.90. The van der Waals surface area contributed by atoms with E-state index in [2.05, 4.69) is 30.4 Å². The van der Waals surface area contributed by atoms with E-state index >= 15 is 0 Å². The fourth-order valence-corrected chi connectivity index (χ4v) is 3.52. The summed E-state index contributed by atoms with van der Waals surface area (Å²) in [5.74, 6) is 1.02. The molecule has 0 spiro atoms. The molecule has 2 atom stereocenters. The molecule has 1 saturated heterocycles. The second-order valence-electron chi connectivity index (χ2n) is 6.14. The van der Waals surface area contributed by atoms with Crippen LogP contribution < -0.4 is 10.1 Å². The van der Waals surface area contributed by atoms with Crippen LogP contribution in [0.15, 0.2) is 18.2 Å². The summed E-state index contributed by atoms with van der Waals surface area (Å²) in [6, 6.07) is 7.15. The Bertz CT molecular complexity index is 455. The quantitative estimate of drug-likeness (QED) is 0.867. The van der Waals surface area contributed by atoms with E-state index < -0.39 is 0 Å². The third-order valence-corrected chi connectivity index (χ3v) is 4.61. The molecule has 1 fully saturated rings. The van der Waals surface area contributed by atoms with Crippen LogP contribution in [0.2, 0.25) is 0 Å². The second-order valence-corrected chi connectivity index (χ2v) is 6.14. The maximum absolute atomic E-state index is 5.93. The second kappa shape index (κ2) is 7.28. The predicted molar refractivity (Wildman–Crippen MR) is 84.9 cm³/mol. The summed E-state index contributed by atoms with van der Waals surface area (Å²) in [5.41, 5.74) is 2.93. The number of aryl methyl sites for hydroxylation is 1. The van der Waals surface area contributed by atoms with Crippen molar-refractivity contribution in [1.29, 1.82) is 0 Å². The highest BCUT2D eigenvalue weighted by Gasteiger charge is 2.20. The predicted octanol–water partition coefficient (Wildman–Crippen LogP) is 3.62. The summed E-state index contributed by atoms with van der Waals surface area (Å²) >= 11 is 0. The van der Waals surface area contributed by atoms with E-state index in [0.717, 1.165) is 31.9 Å². The minimum atomic E-state index is 0.417. The minimum absolute atomic E-state index is 0.417. The first-order valence-corrected chi connectivity index (χ1v) is 8.47. The first kappa shape index (κ1) is 14.9. The lowest BCUT2D eigenvalue weighted by Gasteiger charge is -2.26. The number of rotatable bonds is 6. The smallest absolute Gasteiger partial charge is 0.119 e. The molecule has 1 aromatic rings. The zero-order chi connectivity index (χ0) is 14.5. The Morgan fingerprint density at radius 1 is 1.29 bits per heavy atom. The molecule has 0 bridgehead atoms. The normalized spacial score (nSPS) is 24.8. The van der Waals surface area contributed by atoms with Gasteiger partial charge in [-0.25, -0.2) is 0 Å². The number of hydrogen-bond donors (Lipinski definition) is 1. The molecule has 0 amide bonds. The third kappa shape index (κ3) is 3.78. The Kier molecular flexibility index (Phi) is 5.15. The first-order chi connectivity index (χ1) is 10.4. The number of hydrogen-bond acceptors (Lipinski definition) is 3. The lowest BCUT2D eigenvalue weighted by molar-refractivity contribution is 0.0903. The average molecular weight is 289 g/mol. The van der Waals surface area contributed by atoms with Crippen LogP contribution in [-0.4, -0.2) is 25.9 Å². The molecule has 0 radical (unpaired) electrons. The van der Waals surface area contributed by atoms with Gasteiger partial charge in [0.15, 0.2) is 0 Å². The molecular formula is C18H27NO2.